The first-order valence-corrected chi connectivity index (χ1v) is 2.21. The Morgan fingerprint density at radius 3 is 0.600 bits per heavy atom. The molecular weight excluding hydrogens is 272 g/mol. The molecule has 0 saturated carbocycles. The molecule has 8 N–H and O–H groups in total. The third-order valence-corrected chi connectivity index (χ3v) is 0.366. The zero-order chi connectivity index (χ0) is 10.3. The molecule has 0 spiro atoms. The van der Waals surface area contributed by atoms with Crippen molar-refractivity contribution in [3.63, 3.8) is 0 Å². The number of carboxylic acid groups (broad SMARTS) is 4. The monoisotopic (exact) mass is 279 g/mol. The van der Waals surface area contributed by atoms with Crippen LogP contribution in [0.5, 0.6) is 0 Å². The minimum atomic E-state index is -1.82. The Hall–Kier alpha value is -1.68. The molecule has 0 unspecified atom stereocenters. The first kappa shape index (κ1) is 29.2. The number of hydrogen-bond acceptors (Lipinski definition) is 4. The van der Waals surface area contributed by atoms with Gasteiger partial charge < -0.3 is 31.4 Å². The molecule has 0 bridgehead atoms. The van der Waals surface area contributed by atoms with E-state index in [-0.39, 0.29) is 28.0 Å². The second-order valence-electron chi connectivity index (χ2n) is 1.22. The summed E-state index contributed by atoms with van der Waals surface area (Å²) in [4.78, 5) is 36.4. The topological polar surface area (TPSA) is 212 Å². The van der Waals surface area contributed by atoms with E-state index in [0.29, 0.717) is 0 Å². The second kappa shape index (κ2) is 14.8. The molecule has 0 aliphatic heterocycles. The van der Waals surface area contributed by atoms with Crippen LogP contribution < -0.4 is 0 Å². The van der Waals surface area contributed by atoms with Gasteiger partial charge in [-0.15, -0.1) is 0 Å². The summed E-state index contributed by atoms with van der Waals surface area (Å²) in [7, 11) is 0. The van der Waals surface area contributed by atoms with Gasteiger partial charge in [0.25, 0.3) is 0 Å². The van der Waals surface area contributed by atoms with Crippen LogP contribution in [0.4, 0.5) is 0 Å². The fraction of sp³-hybridized carbons (Fsp3) is 0. The first-order chi connectivity index (χ1) is 5.29. The minimum absolute atomic E-state index is 0. The number of aliphatic carboxylic acids is 4. The molecule has 15 heavy (non-hydrogen) atoms. The number of rotatable bonds is 0. The van der Waals surface area contributed by atoms with Crippen LogP contribution in [0.2, 0.25) is 0 Å². The molecule has 11 heteroatoms. The molecular formula is C4H8CuO10. The Morgan fingerprint density at radius 1 is 0.533 bits per heavy atom. The molecule has 0 saturated heterocycles. The quantitative estimate of drug-likeness (QED) is 0.259. The van der Waals surface area contributed by atoms with Crippen LogP contribution in [0, 0.1) is 0 Å². The molecule has 0 aliphatic carbocycles. The van der Waals surface area contributed by atoms with E-state index in [0.717, 1.165) is 0 Å². The van der Waals surface area contributed by atoms with Gasteiger partial charge in [-0.25, -0.2) is 19.2 Å². The summed E-state index contributed by atoms with van der Waals surface area (Å²) in [5, 5.41) is 29.6. The standard InChI is InChI=1S/2C2H2O4.Cu.2H2O/c2*3-1(4)2(5)6;;;/h2*(H,3,4)(H,5,6);;2*1H2. The van der Waals surface area contributed by atoms with Crippen molar-refractivity contribution in [3.8, 4) is 0 Å². The van der Waals surface area contributed by atoms with Crippen molar-refractivity contribution < 1.29 is 67.6 Å². The maximum atomic E-state index is 9.10. The molecule has 1 radical (unpaired) electrons. The summed E-state index contributed by atoms with van der Waals surface area (Å²) >= 11 is 0. The van der Waals surface area contributed by atoms with E-state index >= 15 is 0 Å². The average molecular weight is 280 g/mol. The van der Waals surface area contributed by atoms with Gasteiger partial charge in [0, 0.05) is 17.1 Å². The van der Waals surface area contributed by atoms with Crippen LogP contribution in [-0.2, 0) is 36.2 Å². The van der Waals surface area contributed by atoms with Crippen molar-refractivity contribution >= 4 is 23.9 Å². The van der Waals surface area contributed by atoms with Gasteiger partial charge in [-0.1, -0.05) is 0 Å². The van der Waals surface area contributed by atoms with E-state index in [4.69, 9.17) is 39.6 Å². The van der Waals surface area contributed by atoms with Crippen molar-refractivity contribution in [1.82, 2.24) is 0 Å². The summed E-state index contributed by atoms with van der Waals surface area (Å²) in [6, 6.07) is 0. The summed E-state index contributed by atoms with van der Waals surface area (Å²) in [5.41, 5.74) is 0. The summed E-state index contributed by atoms with van der Waals surface area (Å²) in [6.45, 7) is 0. The van der Waals surface area contributed by atoms with Crippen LogP contribution in [-0.4, -0.2) is 55.3 Å². The van der Waals surface area contributed by atoms with E-state index in [1.54, 1.807) is 0 Å². The second-order valence-corrected chi connectivity index (χ2v) is 1.22. The predicted molar refractivity (Wildman–Crippen MR) is 37.8 cm³/mol. The third kappa shape index (κ3) is 32.9. The zero-order valence-corrected chi connectivity index (χ0v) is 7.67. The smallest absolute Gasteiger partial charge is 0.414 e. The Labute approximate surface area is 92.2 Å². The van der Waals surface area contributed by atoms with Gasteiger partial charge in [-0.05, 0) is 0 Å². The molecule has 0 atom stereocenters. The van der Waals surface area contributed by atoms with Gasteiger partial charge in [0.2, 0.25) is 0 Å². The third-order valence-electron chi connectivity index (χ3n) is 0.366. The van der Waals surface area contributed by atoms with Gasteiger partial charge >= 0.3 is 23.9 Å². The van der Waals surface area contributed by atoms with E-state index in [1.165, 1.54) is 0 Å². The fourth-order valence-electron chi connectivity index (χ4n) is 0. The molecule has 0 aromatic heterocycles. The summed E-state index contributed by atoms with van der Waals surface area (Å²) in [5.74, 6) is -7.30. The van der Waals surface area contributed by atoms with E-state index in [1.807, 2.05) is 0 Å². The van der Waals surface area contributed by atoms with E-state index in [9.17, 15) is 0 Å². The molecule has 0 fully saturated rings. The Kier molecular flexibility index (Phi) is 28.9. The molecule has 0 aromatic rings. The van der Waals surface area contributed by atoms with E-state index < -0.39 is 23.9 Å². The number of carbonyl (C=O) groups is 4. The van der Waals surface area contributed by atoms with Gasteiger partial charge in [0.1, 0.15) is 0 Å². The van der Waals surface area contributed by atoms with Crippen molar-refractivity contribution in [2.45, 2.75) is 0 Å². The Morgan fingerprint density at radius 2 is 0.600 bits per heavy atom. The minimum Gasteiger partial charge on any atom is -0.473 e. The average Bonchev–Trinajstić information content (AvgIpc) is 1.88. The summed E-state index contributed by atoms with van der Waals surface area (Å²) in [6.07, 6.45) is 0. The normalized spacial score (nSPS) is 5.87. The fourth-order valence-corrected chi connectivity index (χ4v) is 0. The van der Waals surface area contributed by atoms with Crippen molar-refractivity contribution in [2.24, 2.45) is 0 Å². The van der Waals surface area contributed by atoms with Crippen LogP contribution in [0.25, 0.3) is 0 Å². The van der Waals surface area contributed by atoms with Crippen molar-refractivity contribution in [2.75, 3.05) is 0 Å². The van der Waals surface area contributed by atoms with Gasteiger partial charge in [-0.3, -0.25) is 0 Å². The molecule has 0 aromatic carbocycles. The number of hydrogen-bond donors (Lipinski definition) is 4. The van der Waals surface area contributed by atoms with E-state index in [2.05, 4.69) is 0 Å². The first-order valence-electron chi connectivity index (χ1n) is 2.21. The number of carboxylic acids is 4. The SMILES string of the molecule is O.O.O=C(O)C(=O)O.O=C(O)C(=O)O.[Cu]. The van der Waals surface area contributed by atoms with Crippen molar-refractivity contribution in [1.29, 1.82) is 0 Å². The van der Waals surface area contributed by atoms with Gasteiger partial charge in [-0.2, -0.15) is 0 Å². The van der Waals surface area contributed by atoms with Crippen LogP contribution in [0.1, 0.15) is 0 Å². The molecule has 0 heterocycles. The maximum absolute atomic E-state index is 9.10. The van der Waals surface area contributed by atoms with Gasteiger partial charge in [0.05, 0.1) is 0 Å². The largest absolute Gasteiger partial charge is 0.473 e. The zero-order valence-electron chi connectivity index (χ0n) is 6.72. The molecule has 0 aliphatic rings. The Bertz CT molecular complexity index is 173. The molecule has 0 amide bonds. The molecule has 0 rings (SSSR count). The summed E-state index contributed by atoms with van der Waals surface area (Å²) < 4.78 is 0. The van der Waals surface area contributed by atoms with Gasteiger partial charge in [0.15, 0.2) is 0 Å². The van der Waals surface area contributed by atoms with Crippen LogP contribution >= 0.6 is 0 Å². The molecule has 10 nitrogen and oxygen atoms in total. The maximum Gasteiger partial charge on any atom is 0.414 e. The Balaban J connectivity index is -0.0000000370. The predicted octanol–water partition coefficient (Wildman–Crippen LogP) is -3.34. The van der Waals surface area contributed by atoms with Crippen molar-refractivity contribution in [3.05, 3.63) is 0 Å². The van der Waals surface area contributed by atoms with Crippen LogP contribution in [0.15, 0.2) is 0 Å². The van der Waals surface area contributed by atoms with Crippen LogP contribution in [0.3, 0.4) is 0 Å². The molecule has 95 valence electrons.